The summed E-state index contributed by atoms with van der Waals surface area (Å²) in [6, 6.07) is 0. The first kappa shape index (κ1) is 9.19. The minimum absolute atomic E-state index is 0.108. The van der Waals surface area contributed by atoms with E-state index < -0.39 is 0 Å². The molecule has 1 heterocycles. The summed E-state index contributed by atoms with van der Waals surface area (Å²) in [6.45, 7) is 4.71. The van der Waals surface area contributed by atoms with Gasteiger partial charge in [-0.05, 0) is 17.5 Å². The Morgan fingerprint density at radius 1 is 1.58 bits per heavy atom. The summed E-state index contributed by atoms with van der Waals surface area (Å²) in [5, 5.41) is 7.19. The summed E-state index contributed by atoms with van der Waals surface area (Å²) >= 11 is 5.50. The molecule has 66 valence electrons. The van der Waals surface area contributed by atoms with E-state index in [1.807, 2.05) is 0 Å². The fourth-order valence-corrected chi connectivity index (χ4v) is 0.717. The first-order chi connectivity index (χ1) is 5.68. The zero-order chi connectivity index (χ0) is 8.97. The second kappa shape index (κ2) is 4.21. The summed E-state index contributed by atoms with van der Waals surface area (Å²) in [4.78, 5) is 3.81. The lowest BCUT2D eigenvalue weighted by Gasteiger charge is -2.05. The fourth-order valence-electron chi connectivity index (χ4n) is 0.590. The largest absolute Gasteiger partial charge is 0.476 e. The van der Waals surface area contributed by atoms with Crippen molar-refractivity contribution in [2.45, 2.75) is 13.8 Å². The number of halogens is 1. The van der Waals surface area contributed by atoms with Crippen molar-refractivity contribution in [1.29, 1.82) is 0 Å². The molecule has 0 aliphatic rings. The highest BCUT2D eigenvalue weighted by molar-refractivity contribution is 6.28. The minimum Gasteiger partial charge on any atom is -0.476 e. The van der Waals surface area contributed by atoms with Gasteiger partial charge in [-0.25, -0.2) is 0 Å². The van der Waals surface area contributed by atoms with E-state index in [-0.39, 0.29) is 5.28 Å². The number of rotatable bonds is 3. The van der Waals surface area contributed by atoms with Gasteiger partial charge in [0.05, 0.1) is 6.61 Å². The van der Waals surface area contributed by atoms with Crippen molar-refractivity contribution >= 4 is 11.6 Å². The summed E-state index contributed by atoms with van der Waals surface area (Å²) in [5.74, 6) is 0.877. The highest BCUT2D eigenvalue weighted by atomic mass is 35.5. The Morgan fingerprint density at radius 3 is 2.92 bits per heavy atom. The van der Waals surface area contributed by atoms with Crippen LogP contribution in [-0.2, 0) is 0 Å². The van der Waals surface area contributed by atoms with E-state index in [2.05, 4.69) is 29.0 Å². The predicted molar refractivity (Wildman–Crippen MR) is 45.2 cm³/mol. The molecule has 12 heavy (non-hydrogen) atoms. The molecular weight excluding hydrogens is 178 g/mol. The molecule has 1 aromatic rings. The van der Waals surface area contributed by atoms with Crippen LogP contribution in [0.15, 0.2) is 6.20 Å². The van der Waals surface area contributed by atoms with E-state index in [9.17, 15) is 0 Å². The van der Waals surface area contributed by atoms with Gasteiger partial charge >= 0.3 is 0 Å². The summed E-state index contributed by atoms with van der Waals surface area (Å²) in [7, 11) is 0. The topological polar surface area (TPSA) is 47.9 Å². The van der Waals surface area contributed by atoms with Crippen LogP contribution in [0.1, 0.15) is 13.8 Å². The molecule has 4 nitrogen and oxygen atoms in total. The van der Waals surface area contributed by atoms with E-state index in [4.69, 9.17) is 16.3 Å². The van der Waals surface area contributed by atoms with Gasteiger partial charge in [-0.3, -0.25) is 0 Å². The standard InChI is InChI=1S/C7H10ClN3O/c1-5(2)4-12-6-3-9-11-7(8)10-6/h3,5H,4H2,1-2H3. The zero-order valence-electron chi connectivity index (χ0n) is 6.99. The molecule has 0 N–H and O–H groups in total. The highest BCUT2D eigenvalue weighted by Gasteiger charge is 1.99. The lowest BCUT2D eigenvalue weighted by molar-refractivity contribution is 0.259. The van der Waals surface area contributed by atoms with Crippen LogP contribution >= 0.6 is 11.6 Å². The fraction of sp³-hybridized carbons (Fsp3) is 0.571. The number of aromatic nitrogens is 3. The molecule has 0 saturated carbocycles. The third kappa shape index (κ3) is 3.00. The van der Waals surface area contributed by atoms with Crippen LogP contribution in [-0.4, -0.2) is 21.8 Å². The van der Waals surface area contributed by atoms with Crippen LogP contribution in [0, 0.1) is 5.92 Å². The van der Waals surface area contributed by atoms with Gasteiger partial charge < -0.3 is 4.74 Å². The Kier molecular flexibility index (Phi) is 3.22. The summed E-state index contributed by atoms with van der Waals surface area (Å²) in [5.41, 5.74) is 0. The molecule has 0 atom stereocenters. The molecule has 0 aromatic carbocycles. The second-order valence-electron chi connectivity index (χ2n) is 2.77. The maximum Gasteiger partial charge on any atom is 0.246 e. The van der Waals surface area contributed by atoms with Crippen LogP contribution in [0.3, 0.4) is 0 Å². The monoisotopic (exact) mass is 187 g/mol. The maximum atomic E-state index is 5.50. The van der Waals surface area contributed by atoms with Gasteiger partial charge in [-0.2, -0.15) is 10.1 Å². The number of hydrogen-bond donors (Lipinski definition) is 0. The molecule has 0 radical (unpaired) electrons. The van der Waals surface area contributed by atoms with Crippen molar-refractivity contribution in [2.24, 2.45) is 5.92 Å². The van der Waals surface area contributed by atoms with E-state index in [1.165, 1.54) is 6.20 Å². The molecule has 0 fully saturated rings. The smallest absolute Gasteiger partial charge is 0.246 e. The first-order valence-electron chi connectivity index (χ1n) is 3.66. The van der Waals surface area contributed by atoms with Crippen molar-refractivity contribution in [2.75, 3.05) is 6.61 Å². The minimum atomic E-state index is 0.108. The molecule has 5 heteroatoms. The molecular formula is C7H10ClN3O. The summed E-state index contributed by atoms with van der Waals surface area (Å²) < 4.78 is 5.25. The third-order valence-electron chi connectivity index (χ3n) is 1.08. The van der Waals surface area contributed by atoms with Gasteiger partial charge in [0.2, 0.25) is 11.2 Å². The predicted octanol–water partition coefficient (Wildman–Crippen LogP) is 1.56. The lowest BCUT2D eigenvalue weighted by Crippen LogP contribution is -2.06. The Bertz CT molecular complexity index is 254. The molecule has 0 amide bonds. The first-order valence-corrected chi connectivity index (χ1v) is 4.04. The molecule has 1 rings (SSSR count). The normalized spacial score (nSPS) is 10.3. The average molecular weight is 188 g/mol. The van der Waals surface area contributed by atoms with Gasteiger partial charge in [0.15, 0.2) is 0 Å². The molecule has 0 aliphatic carbocycles. The van der Waals surface area contributed by atoms with Crippen LogP contribution in [0.2, 0.25) is 5.28 Å². The summed E-state index contributed by atoms with van der Waals surface area (Å²) in [6.07, 6.45) is 1.44. The quantitative estimate of drug-likeness (QED) is 0.721. The van der Waals surface area contributed by atoms with Gasteiger partial charge in [-0.1, -0.05) is 13.8 Å². The number of ether oxygens (including phenoxy) is 1. The molecule has 0 saturated heterocycles. The lowest BCUT2D eigenvalue weighted by atomic mass is 10.2. The van der Waals surface area contributed by atoms with E-state index >= 15 is 0 Å². The molecule has 1 aromatic heterocycles. The van der Waals surface area contributed by atoms with Crippen molar-refractivity contribution in [3.8, 4) is 5.88 Å². The van der Waals surface area contributed by atoms with Crippen molar-refractivity contribution in [3.05, 3.63) is 11.5 Å². The molecule has 0 unspecified atom stereocenters. The Morgan fingerprint density at radius 2 is 2.33 bits per heavy atom. The van der Waals surface area contributed by atoms with Crippen LogP contribution < -0.4 is 4.74 Å². The maximum absolute atomic E-state index is 5.50. The van der Waals surface area contributed by atoms with Gasteiger partial charge in [0, 0.05) is 0 Å². The number of nitrogens with zero attached hydrogens (tertiary/aromatic N) is 3. The zero-order valence-corrected chi connectivity index (χ0v) is 7.75. The van der Waals surface area contributed by atoms with Crippen molar-refractivity contribution in [3.63, 3.8) is 0 Å². The van der Waals surface area contributed by atoms with Crippen LogP contribution in [0.5, 0.6) is 5.88 Å². The van der Waals surface area contributed by atoms with Gasteiger partial charge in [-0.15, -0.1) is 5.10 Å². The molecule has 0 bridgehead atoms. The number of hydrogen-bond acceptors (Lipinski definition) is 4. The molecule has 0 spiro atoms. The van der Waals surface area contributed by atoms with Crippen LogP contribution in [0.25, 0.3) is 0 Å². The van der Waals surface area contributed by atoms with Gasteiger partial charge in [0.25, 0.3) is 0 Å². The second-order valence-corrected chi connectivity index (χ2v) is 3.11. The third-order valence-corrected chi connectivity index (χ3v) is 1.24. The Balaban J connectivity index is 2.52. The highest BCUT2D eigenvalue weighted by Crippen LogP contribution is 2.07. The van der Waals surface area contributed by atoms with Crippen molar-refractivity contribution in [1.82, 2.24) is 15.2 Å². The SMILES string of the molecule is CC(C)COc1cnnc(Cl)n1. The van der Waals surface area contributed by atoms with E-state index in [0.29, 0.717) is 18.4 Å². The Hall–Kier alpha value is -0.900. The molecule has 0 aliphatic heterocycles. The van der Waals surface area contributed by atoms with E-state index in [1.54, 1.807) is 0 Å². The van der Waals surface area contributed by atoms with Gasteiger partial charge in [0.1, 0.15) is 6.20 Å². The Labute approximate surface area is 75.9 Å². The average Bonchev–Trinajstić information content (AvgIpc) is 2.01. The van der Waals surface area contributed by atoms with E-state index in [0.717, 1.165) is 0 Å². The van der Waals surface area contributed by atoms with Crippen molar-refractivity contribution < 1.29 is 4.74 Å². The van der Waals surface area contributed by atoms with Crippen LogP contribution in [0.4, 0.5) is 0 Å².